The summed E-state index contributed by atoms with van der Waals surface area (Å²) >= 11 is 0. The molecule has 4 rings (SSSR count). The normalized spacial score (nSPS) is 22.0. The molecule has 202 valence electrons. The number of ether oxygens (including phenoxy) is 2. The van der Waals surface area contributed by atoms with Crippen molar-refractivity contribution in [1.82, 2.24) is 14.3 Å². The molecule has 7 nitrogen and oxygen atoms in total. The highest BCUT2D eigenvalue weighted by Gasteiger charge is 2.35. The summed E-state index contributed by atoms with van der Waals surface area (Å²) in [5, 5.41) is 0. The number of nitrogens with two attached hydrogens (primary N) is 1. The molecule has 2 heterocycles. The SMILES string of the molecule is CC(C)(C)[S@@](=O)NC(c1nc2ccc([C@H](N)C3CC3)cc2n1COCC[Si](C)(C)C)[C@H]1CCCCO1. The molecule has 1 saturated heterocycles. The number of fused-ring (bicyclic) bond motifs is 1. The van der Waals surface area contributed by atoms with Crippen LogP contribution in [0.25, 0.3) is 11.0 Å². The maximum Gasteiger partial charge on any atom is 0.132 e. The highest BCUT2D eigenvalue weighted by Crippen LogP contribution is 2.40. The van der Waals surface area contributed by atoms with Crippen LogP contribution in [-0.2, 0) is 27.2 Å². The fourth-order valence-electron chi connectivity index (χ4n) is 4.62. The van der Waals surface area contributed by atoms with Gasteiger partial charge in [-0.15, -0.1) is 0 Å². The van der Waals surface area contributed by atoms with Crippen LogP contribution < -0.4 is 10.5 Å². The van der Waals surface area contributed by atoms with E-state index in [1.54, 1.807) is 0 Å². The van der Waals surface area contributed by atoms with Crippen molar-refractivity contribution >= 4 is 30.1 Å². The van der Waals surface area contributed by atoms with Crippen LogP contribution in [0.5, 0.6) is 0 Å². The Hall–Kier alpha value is -1.10. The van der Waals surface area contributed by atoms with Gasteiger partial charge in [-0.05, 0) is 82.5 Å². The number of hydrogen-bond acceptors (Lipinski definition) is 5. The predicted molar refractivity (Wildman–Crippen MR) is 151 cm³/mol. The van der Waals surface area contributed by atoms with Crippen LogP contribution in [0.2, 0.25) is 25.7 Å². The third-order valence-electron chi connectivity index (χ3n) is 7.19. The number of nitrogens with zero attached hydrogens (tertiary/aromatic N) is 2. The first kappa shape index (κ1) is 27.9. The van der Waals surface area contributed by atoms with Crippen molar-refractivity contribution in [3.8, 4) is 0 Å². The molecule has 2 fully saturated rings. The van der Waals surface area contributed by atoms with E-state index in [9.17, 15) is 4.21 Å². The zero-order valence-electron chi connectivity index (χ0n) is 23.0. The molecule has 0 bridgehead atoms. The van der Waals surface area contributed by atoms with Crippen LogP contribution >= 0.6 is 0 Å². The fraction of sp³-hybridized carbons (Fsp3) is 0.741. The van der Waals surface area contributed by atoms with E-state index in [1.807, 2.05) is 20.8 Å². The van der Waals surface area contributed by atoms with Crippen molar-refractivity contribution in [3.63, 3.8) is 0 Å². The van der Waals surface area contributed by atoms with Gasteiger partial charge in [0.25, 0.3) is 0 Å². The zero-order valence-corrected chi connectivity index (χ0v) is 24.8. The molecule has 1 saturated carbocycles. The van der Waals surface area contributed by atoms with E-state index < -0.39 is 23.8 Å². The molecule has 1 unspecified atom stereocenters. The predicted octanol–water partition coefficient (Wildman–Crippen LogP) is 5.42. The number of aromatic nitrogens is 2. The van der Waals surface area contributed by atoms with E-state index in [-0.39, 0.29) is 18.2 Å². The number of nitrogens with one attached hydrogen (secondary N) is 1. The van der Waals surface area contributed by atoms with Gasteiger partial charge in [-0.3, -0.25) is 0 Å². The summed E-state index contributed by atoms with van der Waals surface area (Å²) in [5.74, 6) is 1.41. The van der Waals surface area contributed by atoms with Gasteiger partial charge in [-0.2, -0.15) is 0 Å². The maximum atomic E-state index is 13.3. The van der Waals surface area contributed by atoms with Crippen molar-refractivity contribution in [2.75, 3.05) is 13.2 Å². The summed E-state index contributed by atoms with van der Waals surface area (Å²) in [4.78, 5) is 5.09. The average Bonchev–Trinajstić information content (AvgIpc) is 3.60. The molecule has 36 heavy (non-hydrogen) atoms. The Balaban J connectivity index is 1.72. The summed E-state index contributed by atoms with van der Waals surface area (Å²) in [7, 11) is -2.47. The first-order valence-electron chi connectivity index (χ1n) is 13.6. The van der Waals surface area contributed by atoms with E-state index in [0.717, 1.165) is 60.9 Å². The molecule has 0 radical (unpaired) electrons. The van der Waals surface area contributed by atoms with Crippen LogP contribution in [0.15, 0.2) is 18.2 Å². The molecule has 0 spiro atoms. The zero-order chi connectivity index (χ0) is 26.1. The lowest BCUT2D eigenvalue weighted by atomic mass is 10.0. The van der Waals surface area contributed by atoms with Crippen molar-refractivity contribution in [2.45, 2.75) is 108 Å². The third-order valence-corrected chi connectivity index (χ3v) is 10.5. The van der Waals surface area contributed by atoms with Gasteiger partial charge >= 0.3 is 0 Å². The Bertz CT molecular complexity index is 1050. The van der Waals surface area contributed by atoms with Crippen molar-refractivity contribution in [3.05, 3.63) is 29.6 Å². The summed E-state index contributed by atoms with van der Waals surface area (Å²) in [5.41, 5.74) is 9.66. The molecule has 1 aromatic carbocycles. The number of benzene rings is 1. The van der Waals surface area contributed by atoms with Gasteiger partial charge in [-0.1, -0.05) is 25.7 Å². The number of rotatable bonds is 11. The van der Waals surface area contributed by atoms with Crippen LogP contribution in [0.4, 0.5) is 0 Å². The average molecular weight is 535 g/mol. The van der Waals surface area contributed by atoms with Gasteiger partial charge < -0.3 is 19.8 Å². The summed E-state index contributed by atoms with van der Waals surface area (Å²) < 4.78 is 30.9. The van der Waals surface area contributed by atoms with Gasteiger partial charge in [0.2, 0.25) is 0 Å². The Morgan fingerprint density at radius 3 is 2.61 bits per heavy atom. The van der Waals surface area contributed by atoms with E-state index in [2.05, 4.69) is 47.1 Å². The minimum Gasteiger partial charge on any atom is -0.376 e. The highest BCUT2D eigenvalue weighted by atomic mass is 32.2. The van der Waals surface area contributed by atoms with E-state index >= 15 is 0 Å². The Morgan fingerprint density at radius 1 is 1.25 bits per heavy atom. The van der Waals surface area contributed by atoms with Gasteiger partial charge in [0.15, 0.2) is 0 Å². The van der Waals surface area contributed by atoms with E-state index in [4.69, 9.17) is 20.2 Å². The fourth-order valence-corrected chi connectivity index (χ4v) is 6.21. The molecule has 2 aromatic rings. The maximum absolute atomic E-state index is 13.3. The molecular weight excluding hydrogens is 488 g/mol. The molecule has 1 aromatic heterocycles. The summed E-state index contributed by atoms with van der Waals surface area (Å²) in [6.45, 7) is 14.9. The second-order valence-corrected chi connectivity index (χ2v) is 20.4. The van der Waals surface area contributed by atoms with Crippen molar-refractivity contribution < 1.29 is 13.7 Å². The summed E-state index contributed by atoms with van der Waals surface area (Å²) in [6, 6.07) is 7.25. The minimum atomic E-state index is -1.27. The lowest BCUT2D eigenvalue weighted by molar-refractivity contribution is -0.00732. The number of imidazole rings is 1. The van der Waals surface area contributed by atoms with Gasteiger partial charge in [-0.25, -0.2) is 13.9 Å². The van der Waals surface area contributed by atoms with Gasteiger partial charge in [0, 0.05) is 27.3 Å². The van der Waals surface area contributed by atoms with Gasteiger partial charge in [0.1, 0.15) is 18.6 Å². The molecular formula is C27H46N4O3SSi. The first-order chi connectivity index (χ1) is 16.9. The molecule has 3 N–H and O–H groups in total. The Morgan fingerprint density at radius 2 is 2.00 bits per heavy atom. The first-order valence-corrected chi connectivity index (χ1v) is 18.4. The molecule has 4 atom stereocenters. The van der Waals surface area contributed by atoms with Gasteiger partial charge in [0.05, 0.1) is 32.9 Å². The van der Waals surface area contributed by atoms with Crippen molar-refractivity contribution in [1.29, 1.82) is 0 Å². The molecule has 1 aliphatic heterocycles. The lowest BCUT2D eigenvalue weighted by Crippen LogP contribution is -2.43. The smallest absolute Gasteiger partial charge is 0.132 e. The third kappa shape index (κ3) is 7.05. The molecule has 9 heteroatoms. The van der Waals surface area contributed by atoms with Crippen molar-refractivity contribution in [2.24, 2.45) is 11.7 Å². The topological polar surface area (TPSA) is 91.4 Å². The van der Waals surface area contributed by atoms with Crippen LogP contribution in [0.3, 0.4) is 0 Å². The second kappa shape index (κ2) is 11.3. The van der Waals surface area contributed by atoms with Crippen LogP contribution in [-0.4, -0.2) is 45.9 Å². The molecule has 1 aliphatic carbocycles. The monoisotopic (exact) mass is 534 g/mol. The molecule has 0 amide bonds. The standard InChI is InChI=1S/C27H46N4O3SSi/c1-27(2,3)35(32)30-25(23-9-7-8-14-34-23)26-29-21-13-12-20(24(28)19-10-11-19)17-22(21)31(26)18-33-15-16-36(4,5)6/h12-13,17,19,23-25,30H,7-11,14-16,18,28H2,1-6H3/t23-,24-,25?,35-/m1/s1. The highest BCUT2D eigenvalue weighted by molar-refractivity contribution is 7.84. The van der Waals surface area contributed by atoms with E-state index in [0.29, 0.717) is 12.6 Å². The number of hydrogen-bond donors (Lipinski definition) is 2. The van der Waals surface area contributed by atoms with Crippen LogP contribution in [0.1, 0.15) is 76.3 Å². The molecule has 2 aliphatic rings. The minimum absolute atomic E-state index is 0.0537. The summed E-state index contributed by atoms with van der Waals surface area (Å²) in [6.07, 6.45) is 5.38. The largest absolute Gasteiger partial charge is 0.376 e. The Labute approximate surface area is 220 Å². The quantitative estimate of drug-likeness (QED) is 0.297. The lowest BCUT2D eigenvalue weighted by Gasteiger charge is -2.32. The second-order valence-electron chi connectivity index (χ2n) is 12.7. The van der Waals surface area contributed by atoms with E-state index in [1.165, 1.54) is 12.8 Å². The Kier molecular flexibility index (Phi) is 8.79. The van der Waals surface area contributed by atoms with Crippen LogP contribution in [0, 0.1) is 5.92 Å².